The molecule has 3 aromatic carbocycles. The molecule has 0 spiro atoms. The zero-order chi connectivity index (χ0) is 14.5. The SMILES string of the molecule is [CH2-]CCC1C=Cc2ccccc21.[Zr+2].c1ccc2[cH-]ccc2c1. The van der Waals surface area contributed by atoms with Crippen molar-refractivity contribution in [3.63, 3.8) is 0 Å². The maximum atomic E-state index is 3.89. The quantitative estimate of drug-likeness (QED) is 0.492. The van der Waals surface area contributed by atoms with E-state index in [-0.39, 0.29) is 26.2 Å². The van der Waals surface area contributed by atoms with Crippen molar-refractivity contribution in [3.05, 3.63) is 90.9 Å². The van der Waals surface area contributed by atoms with Gasteiger partial charge < -0.3 is 6.92 Å². The van der Waals surface area contributed by atoms with Gasteiger partial charge in [0.05, 0.1) is 0 Å². The Kier molecular flexibility index (Phi) is 6.46. The molecule has 0 saturated carbocycles. The van der Waals surface area contributed by atoms with E-state index in [1.165, 1.54) is 28.3 Å². The second kappa shape index (κ2) is 8.34. The molecule has 3 aromatic rings. The Morgan fingerprint density at radius 2 is 1.73 bits per heavy atom. The van der Waals surface area contributed by atoms with Gasteiger partial charge in [-0.3, -0.25) is 0 Å². The van der Waals surface area contributed by atoms with E-state index in [0.29, 0.717) is 5.92 Å². The van der Waals surface area contributed by atoms with Crippen LogP contribution in [0.4, 0.5) is 0 Å². The van der Waals surface area contributed by atoms with E-state index in [2.05, 4.69) is 85.8 Å². The second-order valence-corrected chi connectivity index (χ2v) is 5.39. The topological polar surface area (TPSA) is 0 Å². The molecule has 0 saturated heterocycles. The van der Waals surface area contributed by atoms with Gasteiger partial charge >= 0.3 is 26.2 Å². The van der Waals surface area contributed by atoms with Gasteiger partial charge in [0.2, 0.25) is 0 Å². The van der Waals surface area contributed by atoms with Crippen LogP contribution in [0.25, 0.3) is 16.8 Å². The molecule has 0 fully saturated rings. The van der Waals surface area contributed by atoms with Gasteiger partial charge in [-0.15, -0.1) is 29.7 Å². The van der Waals surface area contributed by atoms with Crippen molar-refractivity contribution < 1.29 is 26.2 Å². The van der Waals surface area contributed by atoms with Crippen molar-refractivity contribution >= 4 is 16.8 Å². The first-order valence-corrected chi connectivity index (χ1v) is 7.55. The molecule has 1 aliphatic carbocycles. The average molecular weight is 364 g/mol. The molecule has 0 bridgehead atoms. The zero-order valence-corrected chi connectivity index (χ0v) is 15.2. The van der Waals surface area contributed by atoms with Gasteiger partial charge in [-0.2, -0.15) is 23.9 Å². The molecule has 0 amide bonds. The molecule has 1 unspecified atom stereocenters. The first kappa shape index (κ1) is 17.0. The van der Waals surface area contributed by atoms with Crippen LogP contribution in [-0.4, -0.2) is 0 Å². The maximum absolute atomic E-state index is 3.89. The summed E-state index contributed by atoms with van der Waals surface area (Å²) in [5, 5.41) is 2.66. The summed E-state index contributed by atoms with van der Waals surface area (Å²) in [7, 11) is 0. The molecule has 108 valence electrons. The minimum atomic E-state index is 0. The number of hydrogen-bond donors (Lipinski definition) is 0. The number of rotatable bonds is 2. The predicted octanol–water partition coefficient (Wildman–Crippen LogP) is 5.97. The van der Waals surface area contributed by atoms with Crippen LogP contribution < -0.4 is 0 Å². The number of fused-ring (bicyclic) bond motifs is 2. The fraction of sp³-hybridized carbons (Fsp3) is 0.143. The summed E-state index contributed by atoms with van der Waals surface area (Å²) in [6, 6.07) is 23.3. The van der Waals surface area contributed by atoms with Crippen LogP contribution in [-0.2, 0) is 26.2 Å². The third-order valence-electron chi connectivity index (χ3n) is 3.97. The summed E-state index contributed by atoms with van der Waals surface area (Å²) in [4.78, 5) is 0. The van der Waals surface area contributed by atoms with Crippen molar-refractivity contribution in [2.75, 3.05) is 0 Å². The normalized spacial score (nSPS) is 14.9. The monoisotopic (exact) mass is 362 g/mol. The Morgan fingerprint density at radius 3 is 2.55 bits per heavy atom. The molecule has 1 heteroatoms. The third-order valence-corrected chi connectivity index (χ3v) is 3.97. The smallest absolute Gasteiger partial charge is 0.343 e. The molecule has 0 aliphatic heterocycles. The second-order valence-electron chi connectivity index (χ2n) is 5.39. The minimum Gasteiger partial charge on any atom is -0.343 e. The molecular formula is C21H20Zr. The fourth-order valence-electron chi connectivity index (χ4n) is 2.87. The summed E-state index contributed by atoms with van der Waals surface area (Å²) < 4.78 is 0. The molecule has 22 heavy (non-hydrogen) atoms. The number of benzene rings is 2. The average Bonchev–Trinajstić information content (AvgIpc) is 3.15. The fourth-order valence-corrected chi connectivity index (χ4v) is 2.87. The molecule has 0 N–H and O–H groups in total. The summed E-state index contributed by atoms with van der Waals surface area (Å²) >= 11 is 0. The predicted molar refractivity (Wildman–Crippen MR) is 92.3 cm³/mol. The van der Waals surface area contributed by atoms with Crippen molar-refractivity contribution in [1.29, 1.82) is 0 Å². The van der Waals surface area contributed by atoms with Crippen LogP contribution in [0.5, 0.6) is 0 Å². The van der Waals surface area contributed by atoms with Crippen LogP contribution in [0.1, 0.15) is 29.9 Å². The van der Waals surface area contributed by atoms with Crippen LogP contribution >= 0.6 is 0 Å². The van der Waals surface area contributed by atoms with E-state index < -0.39 is 0 Å². The molecule has 1 aliphatic rings. The van der Waals surface area contributed by atoms with Gasteiger partial charge in [-0.05, 0) is 11.1 Å². The molecular weight excluding hydrogens is 343 g/mol. The number of hydrogen-bond acceptors (Lipinski definition) is 0. The molecule has 0 nitrogen and oxygen atoms in total. The van der Waals surface area contributed by atoms with Gasteiger partial charge in [0.15, 0.2) is 0 Å². The molecule has 0 heterocycles. The van der Waals surface area contributed by atoms with Crippen LogP contribution in [0.2, 0.25) is 0 Å². The Morgan fingerprint density at radius 1 is 0.955 bits per heavy atom. The standard InChI is InChI=1S/C12H13.C9H7.Zr/c1-2-5-10-8-9-11-6-3-4-7-12(10)11;1-2-5-9-7-3-6-8(9)4-1;/h3-4,6-10H,1-2,5H2;1-7H;/q2*-1;+2. The summed E-state index contributed by atoms with van der Waals surface area (Å²) in [6.45, 7) is 3.89. The molecule has 4 rings (SSSR count). The molecule has 1 atom stereocenters. The van der Waals surface area contributed by atoms with Crippen LogP contribution in [0.15, 0.2) is 72.8 Å². The van der Waals surface area contributed by atoms with E-state index in [1.54, 1.807) is 0 Å². The minimum absolute atomic E-state index is 0. The van der Waals surface area contributed by atoms with Crippen molar-refractivity contribution in [3.8, 4) is 0 Å². The first-order chi connectivity index (χ1) is 10.4. The zero-order valence-electron chi connectivity index (χ0n) is 12.7. The number of allylic oxidation sites excluding steroid dienone is 1. The van der Waals surface area contributed by atoms with Gasteiger partial charge in [-0.1, -0.05) is 48.9 Å². The van der Waals surface area contributed by atoms with Crippen molar-refractivity contribution in [2.24, 2.45) is 0 Å². The maximum Gasteiger partial charge on any atom is 2.00 e. The largest absolute Gasteiger partial charge is 2.00 e. The van der Waals surface area contributed by atoms with Crippen LogP contribution in [0, 0.1) is 6.92 Å². The van der Waals surface area contributed by atoms with E-state index in [4.69, 9.17) is 0 Å². The summed E-state index contributed by atoms with van der Waals surface area (Å²) in [6.07, 6.45) is 6.70. The van der Waals surface area contributed by atoms with E-state index in [0.717, 1.165) is 6.42 Å². The van der Waals surface area contributed by atoms with E-state index >= 15 is 0 Å². The Balaban J connectivity index is 0.000000159. The first-order valence-electron chi connectivity index (χ1n) is 7.55. The Hall–Kier alpha value is -1.33. The van der Waals surface area contributed by atoms with Gasteiger partial charge in [0, 0.05) is 5.92 Å². The van der Waals surface area contributed by atoms with Crippen molar-refractivity contribution in [1.82, 2.24) is 0 Å². The Labute approximate surface area is 152 Å². The van der Waals surface area contributed by atoms with E-state index in [9.17, 15) is 0 Å². The van der Waals surface area contributed by atoms with Gasteiger partial charge in [0.1, 0.15) is 0 Å². The van der Waals surface area contributed by atoms with Gasteiger partial charge in [-0.25, -0.2) is 0 Å². The van der Waals surface area contributed by atoms with E-state index in [1.807, 2.05) is 0 Å². The third kappa shape index (κ3) is 3.90. The molecule has 0 radical (unpaired) electrons. The summed E-state index contributed by atoms with van der Waals surface area (Å²) in [5.74, 6) is 0.624. The summed E-state index contributed by atoms with van der Waals surface area (Å²) in [5.41, 5.74) is 2.86. The molecule has 0 aromatic heterocycles. The van der Waals surface area contributed by atoms with Crippen molar-refractivity contribution in [2.45, 2.75) is 18.8 Å². The Bertz CT molecular complexity index is 706. The van der Waals surface area contributed by atoms with Crippen LogP contribution in [0.3, 0.4) is 0 Å². The van der Waals surface area contributed by atoms with Gasteiger partial charge in [0.25, 0.3) is 0 Å².